The summed E-state index contributed by atoms with van der Waals surface area (Å²) in [6, 6.07) is 9.61. The van der Waals surface area contributed by atoms with Gasteiger partial charge in [-0.2, -0.15) is 0 Å². The molecule has 1 aromatic heterocycles. The van der Waals surface area contributed by atoms with Gasteiger partial charge in [-0.15, -0.1) is 34.9 Å². The number of amides is 1. The van der Waals surface area contributed by atoms with Crippen LogP contribution in [0.3, 0.4) is 0 Å². The number of ether oxygens (including phenoxy) is 1. The molecule has 0 radical (unpaired) electrons. The molecule has 0 unspecified atom stereocenters. The predicted molar refractivity (Wildman–Crippen MR) is 108 cm³/mol. The smallest absolute Gasteiger partial charge is 0.338 e. The van der Waals surface area contributed by atoms with Crippen LogP contribution in [0.5, 0.6) is 0 Å². The zero-order valence-electron chi connectivity index (χ0n) is 14.2. The zero-order valence-corrected chi connectivity index (χ0v) is 16.6. The first-order valence-corrected chi connectivity index (χ1v) is 11.5. The van der Waals surface area contributed by atoms with Crippen LogP contribution < -0.4 is 0 Å². The van der Waals surface area contributed by atoms with Gasteiger partial charge in [-0.05, 0) is 41.1 Å². The number of thioether (sulfide) groups is 2. The van der Waals surface area contributed by atoms with E-state index >= 15 is 0 Å². The molecule has 1 aromatic carbocycles. The van der Waals surface area contributed by atoms with E-state index in [0.29, 0.717) is 23.2 Å². The Bertz CT molecular complexity index is 797. The molecule has 7 heteroatoms. The van der Waals surface area contributed by atoms with Crippen molar-refractivity contribution in [1.82, 2.24) is 4.90 Å². The molecule has 26 heavy (non-hydrogen) atoms. The summed E-state index contributed by atoms with van der Waals surface area (Å²) in [6.07, 6.45) is 0.880. The molecule has 1 saturated heterocycles. The van der Waals surface area contributed by atoms with Crippen LogP contribution in [0.15, 0.2) is 35.7 Å². The van der Waals surface area contributed by atoms with Crippen LogP contribution in [0.4, 0.5) is 0 Å². The van der Waals surface area contributed by atoms with E-state index in [2.05, 4.69) is 11.4 Å². The van der Waals surface area contributed by atoms with E-state index in [9.17, 15) is 9.59 Å². The van der Waals surface area contributed by atoms with Gasteiger partial charge in [0, 0.05) is 29.5 Å². The summed E-state index contributed by atoms with van der Waals surface area (Å²) < 4.78 is 5.70. The van der Waals surface area contributed by atoms with E-state index in [1.165, 1.54) is 27.5 Å². The topological polar surface area (TPSA) is 46.6 Å². The first-order valence-electron chi connectivity index (χ1n) is 8.54. The lowest BCUT2D eigenvalue weighted by Crippen LogP contribution is -2.38. The van der Waals surface area contributed by atoms with E-state index in [1.807, 2.05) is 35.7 Å². The number of hydrogen-bond acceptors (Lipinski definition) is 6. The first-order chi connectivity index (χ1) is 12.7. The lowest BCUT2D eigenvalue weighted by molar-refractivity contribution is -0.135. The Hall–Kier alpha value is -1.44. The Morgan fingerprint density at radius 1 is 1.12 bits per heavy atom. The van der Waals surface area contributed by atoms with E-state index in [4.69, 9.17) is 4.74 Å². The summed E-state index contributed by atoms with van der Waals surface area (Å²) in [5.41, 5.74) is 2.93. The summed E-state index contributed by atoms with van der Waals surface area (Å²) in [5.74, 6) is 1.77. The highest BCUT2D eigenvalue weighted by atomic mass is 32.2. The second kappa shape index (κ2) is 8.06. The highest BCUT2D eigenvalue weighted by Crippen LogP contribution is 2.45. The van der Waals surface area contributed by atoms with Crippen molar-refractivity contribution in [2.45, 2.75) is 17.5 Å². The Morgan fingerprint density at radius 2 is 1.88 bits per heavy atom. The Balaban J connectivity index is 1.30. The number of esters is 1. The second-order valence-electron chi connectivity index (χ2n) is 6.21. The minimum Gasteiger partial charge on any atom is -0.452 e. The van der Waals surface area contributed by atoms with Crippen LogP contribution in [-0.4, -0.2) is 41.4 Å². The van der Waals surface area contributed by atoms with E-state index in [0.717, 1.165) is 6.42 Å². The van der Waals surface area contributed by atoms with E-state index < -0.39 is 5.97 Å². The maximum Gasteiger partial charge on any atom is 0.338 e. The normalized spacial score (nSPS) is 17.2. The molecule has 136 valence electrons. The summed E-state index contributed by atoms with van der Waals surface area (Å²) in [7, 11) is 0. The Kier molecular flexibility index (Phi) is 5.57. The number of thiophene rings is 1. The van der Waals surface area contributed by atoms with Crippen LogP contribution in [0.2, 0.25) is 0 Å². The molecule has 1 amide bonds. The molecule has 0 bridgehead atoms. The van der Waals surface area contributed by atoms with E-state index in [-0.39, 0.29) is 12.5 Å². The van der Waals surface area contributed by atoms with Gasteiger partial charge in [0.15, 0.2) is 6.61 Å². The highest BCUT2D eigenvalue weighted by Gasteiger charge is 2.23. The third-order valence-corrected chi connectivity index (χ3v) is 8.65. The highest BCUT2D eigenvalue weighted by molar-refractivity contribution is 8.19. The van der Waals surface area contributed by atoms with Crippen LogP contribution in [0, 0.1) is 0 Å². The number of carbonyl (C=O) groups is 2. The van der Waals surface area contributed by atoms with Gasteiger partial charge in [0.1, 0.15) is 0 Å². The molecule has 0 atom stereocenters. The third kappa shape index (κ3) is 3.94. The summed E-state index contributed by atoms with van der Waals surface area (Å²) >= 11 is 5.60. The number of fused-ring (bicyclic) bond motifs is 1. The van der Waals surface area contributed by atoms with Crippen molar-refractivity contribution in [2.24, 2.45) is 0 Å². The maximum atomic E-state index is 12.3. The maximum absolute atomic E-state index is 12.3. The summed E-state index contributed by atoms with van der Waals surface area (Å²) in [6.45, 7) is 1.10. The fourth-order valence-corrected chi connectivity index (χ4v) is 6.84. The summed E-state index contributed by atoms with van der Waals surface area (Å²) in [4.78, 5) is 27.7. The molecule has 0 aliphatic carbocycles. The average molecular weight is 406 g/mol. The van der Waals surface area contributed by atoms with Gasteiger partial charge in [0.25, 0.3) is 5.91 Å². The van der Waals surface area contributed by atoms with E-state index in [1.54, 1.807) is 28.4 Å². The molecule has 4 rings (SSSR count). The van der Waals surface area contributed by atoms with Gasteiger partial charge in [-0.1, -0.05) is 12.1 Å². The minimum absolute atomic E-state index is 0.134. The molecular weight excluding hydrogens is 386 g/mol. The molecule has 1 fully saturated rings. The van der Waals surface area contributed by atoms with Crippen molar-refractivity contribution in [3.8, 4) is 0 Å². The molecule has 0 saturated carbocycles. The van der Waals surface area contributed by atoms with Crippen LogP contribution in [-0.2, 0) is 22.5 Å². The molecule has 0 spiro atoms. The first kappa shape index (κ1) is 17.9. The fraction of sp³-hybridized carbons (Fsp3) is 0.368. The standard InChI is InChI=1S/C19H19NO3S3/c21-17(20-7-5-16-15(11-20)6-8-24-16)12-23-18(22)13-1-3-14(4-2-13)19-25-9-10-26-19/h1-4,6,8,19H,5,7,9-12H2. The van der Waals surface area contributed by atoms with Crippen molar-refractivity contribution < 1.29 is 14.3 Å². The van der Waals surface area contributed by atoms with Gasteiger partial charge >= 0.3 is 5.97 Å². The number of rotatable bonds is 4. The SMILES string of the molecule is O=C(OCC(=O)N1CCc2sccc2C1)c1ccc(C2SCCS2)cc1. The number of benzene rings is 1. The average Bonchev–Trinajstić information content (AvgIpc) is 3.37. The van der Waals surface area contributed by atoms with Crippen molar-refractivity contribution in [3.05, 3.63) is 57.3 Å². The monoisotopic (exact) mass is 405 g/mol. The molecule has 2 aliphatic rings. The molecular formula is C19H19NO3S3. The third-order valence-electron chi connectivity index (χ3n) is 4.53. The predicted octanol–water partition coefficient (Wildman–Crippen LogP) is 3.97. The molecule has 0 N–H and O–H groups in total. The number of carbonyl (C=O) groups excluding carboxylic acids is 2. The van der Waals surface area contributed by atoms with Crippen molar-refractivity contribution in [3.63, 3.8) is 0 Å². The molecule has 2 aliphatic heterocycles. The van der Waals surface area contributed by atoms with Gasteiger partial charge in [-0.25, -0.2) is 4.79 Å². The lowest BCUT2D eigenvalue weighted by Gasteiger charge is -2.26. The van der Waals surface area contributed by atoms with Gasteiger partial charge in [-0.3, -0.25) is 4.79 Å². The second-order valence-corrected chi connectivity index (χ2v) is 9.93. The largest absolute Gasteiger partial charge is 0.452 e. The van der Waals surface area contributed by atoms with Gasteiger partial charge in [0.05, 0.1) is 10.1 Å². The minimum atomic E-state index is -0.440. The van der Waals surface area contributed by atoms with Gasteiger partial charge < -0.3 is 9.64 Å². The zero-order chi connectivity index (χ0) is 17.9. The van der Waals surface area contributed by atoms with Crippen molar-refractivity contribution in [1.29, 1.82) is 0 Å². The Morgan fingerprint density at radius 3 is 2.65 bits per heavy atom. The Labute approximate surface area is 165 Å². The van der Waals surface area contributed by atoms with Crippen LogP contribution in [0.1, 0.15) is 30.9 Å². The fourth-order valence-electron chi connectivity index (χ4n) is 3.09. The van der Waals surface area contributed by atoms with Crippen LogP contribution >= 0.6 is 34.9 Å². The quantitative estimate of drug-likeness (QED) is 0.721. The van der Waals surface area contributed by atoms with Crippen molar-refractivity contribution >= 4 is 46.7 Å². The lowest BCUT2D eigenvalue weighted by atomic mass is 10.1. The number of hydrogen-bond donors (Lipinski definition) is 0. The van der Waals surface area contributed by atoms with Crippen molar-refractivity contribution in [2.75, 3.05) is 24.7 Å². The molecule has 2 aromatic rings. The molecule has 3 heterocycles. The van der Waals surface area contributed by atoms with Crippen LogP contribution in [0.25, 0.3) is 0 Å². The number of nitrogens with zero attached hydrogens (tertiary/aromatic N) is 1. The van der Waals surface area contributed by atoms with Gasteiger partial charge in [0.2, 0.25) is 0 Å². The molecule has 4 nitrogen and oxygen atoms in total. The summed E-state index contributed by atoms with van der Waals surface area (Å²) in [5, 5.41) is 2.06.